The summed E-state index contributed by atoms with van der Waals surface area (Å²) in [6.45, 7) is 39.1. The number of hydrogen-bond donors (Lipinski definition) is 0. The van der Waals surface area contributed by atoms with Crippen LogP contribution >= 0.6 is 25.8 Å². The largest absolute Gasteiger partial charge is 0.463 e. The van der Waals surface area contributed by atoms with E-state index in [-0.39, 0.29) is 10.8 Å². The lowest BCUT2D eigenvalue weighted by Gasteiger charge is -2.69. The van der Waals surface area contributed by atoms with E-state index in [2.05, 4.69) is 147 Å². The van der Waals surface area contributed by atoms with E-state index < -0.39 is 65.3 Å². The van der Waals surface area contributed by atoms with E-state index in [1.165, 1.54) is 412 Å². The van der Waals surface area contributed by atoms with E-state index in [0.29, 0.717) is 5.75 Å². The highest BCUT2D eigenvalue weighted by Gasteiger charge is 2.81. The molecule has 0 radical (unpaired) electrons. The Balaban J connectivity index is 1.44. The number of aryl methyl sites for hydroxylation is 2. The number of hydrogen-bond acceptors (Lipinski definition) is 9. The van der Waals surface area contributed by atoms with E-state index in [1.54, 1.807) is 5.56 Å². The van der Waals surface area contributed by atoms with Crippen LogP contribution in [0.4, 0.5) is 0 Å². The first-order valence-corrected chi connectivity index (χ1v) is 59.0. The van der Waals surface area contributed by atoms with Gasteiger partial charge in [0.2, 0.25) is 0 Å². The van der Waals surface area contributed by atoms with Gasteiger partial charge in [-0.3, -0.25) is 18.1 Å². The summed E-state index contributed by atoms with van der Waals surface area (Å²) in [6, 6.07) is 16.1. The highest BCUT2D eigenvalue weighted by atomic mass is 31.2. The molecule has 11 rings (SSSR count). The molecule has 0 saturated carbocycles. The molecule has 12 heteroatoms. The van der Waals surface area contributed by atoms with Crippen LogP contribution in [0.3, 0.4) is 0 Å². The van der Waals surface area contributed by atoms with Gasteiger partial charge in [0.1, 0.15) is 11.2 Å². The Hall–Kier alpha value is -1.89. The summed E-state index contributed by atoms with van der Waals surface area (Å²) >= 11 is 0. The molecule has 4 unspecified atom stereocenters. The second-order valence-electron chi connectivity index (χ2n) is 44.1. The number of rotatable bonds is 74. The van der Waals surface area contributed by atoms with Gasteiger partial charge in [-0.05, 0) is 116 Å². The van der Waals surface area contributed by atoms with Crippen LogP contribution in [0, 0.1) is 26.2 Å². The molecular weight excluding hydrogens is 1620 g/mol. The van der Waals surface area contributed by atoms with Gasteiger partial charge in [-0.1, -0.05) is 543 Å². The third-order valence-corrected chi connectivity index (χ3v) is 35.4. The molecule has 4 atom stereocenters. The van der Waals surface area contributed by atoms with Crippen molar-refractivity contribution in [1.82, 2.24) is 0 Å². The Kier molecular flexibility index (Phi) is 49.1. The Morgan fingerprint density at radius 3 is 0.913 bits per heavy atom. The van der Waals surface area contributed by atoms with Crippen LogP contribution in [0.15, 0.2) is 36.4 Å². The molecule has 1 spiro atoms. The molecule has 0 aromatic heterocycles. The second kappa shape index (κ2) is 57.3. The van der Waals surface area contributed by atoms with Crippen LogP contribution in [0.25, 0.3) is 0 Å². The average molecular weight is 1820 g/mol. The predicted molar refractivity (Wildman–Crippen MR) is 548 cm³/mol. The molecule has 728 valence electrons. The van der Waals surface area contributed by atoms with Crippen molar-refractivity contribution in [2.75, 3.05) is 0 Å². The van der Waals surface area contributed by atoms with Crippen LogP contribution in [0.1, 0.15) is 602 Å². The Bertz CT molecular complexity index is 3420. The van der Waals surface area contributed by atoms with Crippen molar-refractivity contribution in [3.8, 4) is 17.2 Å². The lowest BCUT2D eigenvalue weighted by atomic mass is 9.35. The molecule has 0 amide bonds. The lowest BCUT2D eigenvalue weighted by molar-refractivity contribution is -0.416. The SMILES string of the molecule is CCCCCCCCCCCCCC1(CCCCCCCCCCCCC)OP2Oc3c(C)c(c4c(c3O2)C2(C)C3OP(O3)OC23OP(O4)O3)C(CCCCCCCCCCCCC)(c2cc(C(C)(C)C)ccc2C)C(CCCCCCCCCCCCC)(CCCCCCCCCCCCC)C1(CCCCCCCCCCCCC)c1cc(C(C)(C)C)ccc1C. The van der Waals surface area contributed by atoms with E-state index in [1.807, 2.05) is 0 Å². The van der Waals surface area contributed by atoms with E-state index in [4.69, 9.17) is 36.2 Å². The van der Waals surface area contributed by atoms with Gasteiger partial charge in [0.05, 0.1) is 11.2 Å². The molecule has 3 aromatic carbocycles. The van der Waals surface area contributed by atoms with Crippen molar-refractivity contribution >= 4 is 25.8 Å². The van der Waals surface area contributed by atoms with E-state index >= 15 is 0 Å². The van der Waals surface area contributed by atoms with Crippen molar-refractivity contribution in [1.29, 1.82) is 0 Å². The van der Waals surface area contributed by atoms with Gasteiger partial charge >= 0.3 is 31.8 Å². The monoisotopic (exact) mass is 1820 g/mol. The molecule has 4 fully saturated rings. The molecule has 8 aliphatic heterocycles. The van der Waals surface area contributed by atoms with Crippen molar-refractivity contribution in [3.05, 3.63) is 86.5 Å². The van der Waals surface area contributed by atoms with Gasteiger partial charge in [0.25, 0.3) is 0 Å². The fourth-order valence-corrected chi connectivity index (χ4v) is 28.4. The quantitative estimate of drug-likeness (QED) is 0.0405. The van der Waals surface area contributed by atoms with Crippen LogP contribution in [0.2, 0.25) is 0 Å². The fourth-order valence-electron chi connectivity index (χ4n) is 24.3. The van der Waals surface area contributed by atoms with Crippen LogP contribution < -0.4 is 13.6 Å². The maximum absolute atomic E-state index is 9.40. The van der Waals surface area contributed by atoms with Gasteiger partial charge < -0.3 is 13.6 Å². The predicted octanol–water partition coefficient (Wildman–Crippen LogP) is 40.6. The maximum Gasteiger partial charge on any atom is 0.463 e. The zero-order valence-corrected chi connectivity index (χ0v) is 88.7. The molecular formula is C115H199O9P3. The lowest BCUT2D eigenvalue weighted by Crippen LogP contribution is -2.69. The smallest absolute Gasteiger partial charge is 0.426 e. The van der Waals surface area contributed by atoms with Crippen LogP contribution in [-0.2, 0) is 54.2 Å². The van der Waals surface area contributed by atoms with Gasteiger partial charge in [-0.2, -0.15) is 0 Å². The van der Waals surface area contributed by atoms with Crippen LogP contribution in [-0.4, -0.2) is 17.9 Å². The minimum absolute atomic E-state index is 0.152. The maximum atomic E-state index is 9.40. The summed E-state index contributed by atoms with van der Waals surface area (Å²) in [5, 5.41) is 0. The first kappa shape index (κ1) is 109. The van der Waals surface area contributed by atoms with E-state index in [9.17, 15) is 4.52 Å². The second-order valence-corrected chi connectivity index (χ2v) is 47.2. The van der Waals surface area contributed by atoms with Crippen molar-refractivity contribution in [2.45, 2.75) is 618 Å². The van der Waals surface area contributed by atoms with Gasteiger partial charge in [0, 0.05) is 22.0 Å². The van der Waals surface area contributed by atoms with Crippen molar-refractivity contribution in [3.63, 3.8) is 0 Å². The Morgan fingerprint density at radius 1 is 0.283 bits per heavy atom. The molecule has 4 saturated heterocycles. The Morgan fingerprint density at radius 2 is 0.567 bits per heavy atom. The fraction of sp³-hybridized carbons (Fsp3) is 0.843. The first-order chi connectivity index (χ1) is 61.7. The summed E-state index contributed by atoms with van der Waals surface area (Å²) < 4.78 is 69.6. The Labute approximate surface area is 788 Å². The van der Waals surface area contributed by atoms with Gasteiger partial charge in [0.15, 0.2) is 17.8 Å². The number of benzene rings is 3. The van der Waals surface area contributed by atoms with Gasteiger partial charge in [-0.25, -0.2) is 9.05 Å². The third kappa shape index (κ3) is 29.6. The number of unbranched alkanes of at least 4 members (excludes halogenated alkanes) is 60. The zero-order valence-electron chi connectivity index (χ0n) is 86.0. The standard InChI is InChI=1S/C115H199O9P3/c1-17-23-29-35-41-47-53-59-65-71-77-87-111(88-78-72-66-60-54-48-42-36-30-24-18-2)113(100-93-98(108(10,11)12)85-83-95(100)7,91-81-75-69-63-57-51-45-39-33-27-21-5)102-97(9)104-106(103-105(102)117-127-123-115(124-127)110(103,16)107-119-126(120-107)122-115)118-125(116-104)121-112(89-79-73-67-61-55-49-43-37-31-25-19-3,90-80-74-68-62-56-50-44-38-32-26-20-4)114(111,101-94-99(109(13,14)15)86-84-96(101)8)92-82-76-70-64-58-52-46-40-34-28-22-6/h83-86,93-94,107H,17-82,87-92H2,1-16H3. The topological polar surface area (TPSA) is 83.1 Å². The van der Waals surface area contributed by atoms with Crippen molar-refractivity contribution < 1.29 is 40.7 Å². The molecule has 7 bridgehead atoms. The molecule has 0 N–H and O–H groups in total. The summed E-state index contributed by atoms with van der Waals surface area (Å²) in [6.07, 6.45) is 90.7. The number of fused-ring (bicyclic) bond motifs is 2. The normalized spacial score (nSPS) is 22.5. The summed E-state index contributed by atoms with van der Waals surface area (Å²) in [4.78, 5) is 0. The van der Waals surface area contributed by atoms with Gasteiger partial charge in [-0.15, -0.1) is 0 Å². The first-order valence-electron chi connectivity index (χ1n) is 55.7. The summed E-state index contributed by atoms with van der Waals surface area (Å²) in [7, 11) is -5.80. The third-order valence-electron chi connectivity index (χ3n) is 32.0. The molecule has 0 aliphatic carbocycles. The summed E-state index contributed by atoms with van der Waals surface area (Å²) in [5.41, 5.74) is 7.59. The van der Waals surface area contributed by atoms with E-state index in [0.717, 1.165) is 106 Å². The summed E-state index contributed by atoms with van der Waals surface area (Å²) in [5.74, 6) is 0.803. The highest BCUT2D eigenvalue weighted by Crippen LogP contribution is 2.84. The molecule has 8 aliphatic rings. The van der Waals surface area contributed by atoms with Crippen LogP contribution in [0.5, 0.6) is 17.2 Å². The molecule has 3 aromatic rings. The molecule has 127 heavy (non-hydrogen) atoms. The minimum atomic E-state index is -2.13. The van der Waals surface area contributed by atoms with Crippen molar-refractivity contribution in [2.24, 2.45) is 5.41 Å². The molecule has 8 heterocycles. The zero-order chi connectivity index (χ0) is 90.8. The average Bonchev–Trinajstić information content (AvgIpc) is 1.58. The highest BCUT2D eigenvalue weighted by molar-refractivity contribution is 7.44. The minimum Gasteiger partial charge on any atom is -0.426 e. The molecule has 9 nitrogen and oxygen atoms in total.